The Hall–Kier alpha value is -4.37. The summed E-state index contributed by atoms with van der Waals surface area (Å²) in [6, 6.07) is 16.3. The summed E-state index contributed by atoms with van der Waals surface area (Å²) in [6.07, 6.45) is 2.63. The summed E-state index contributed by atoms with van der Waals surface area (Å²) in [6.45, 7) is 4.20. The van der Waals surface area contributed by atoms with Gasteiger partial charge in [0.1, 0.15) is 11.8 Å². The SMILES string of the molecule is CCCOc1c(OC)cccc1[C@H]1C(C(=O)OC)=C(C)N=c2sc(=Cc3ccc(OC)c4ccccc34)c(=O)n21. The van der Waals surface area contributed by atoms with Crippen LogP contribution in [0.5, 0.6) is 17.2 Å². The number of carbonyl (C=O) groups excluding carboxylic acids is 1. The molecule has 3 aromatic carbocycles. The number of aromatic nitrogens is 1. The topological polar surface area (TPSA) is 88.4 Å². The summed E-state index contributed by atoms with van der Waals surface area (Å²) in [4.78, 5) is 32.4. The van der Waals surface area contributed by atoms with Crippen molar-refractivity contribution in [1.29, 1.82) is 0 Å². The van der Waals surface area contributed by atoms with Crippen LogP contribution in [0.2, 0.25) is 0 Å². The lowest BCUT2D eigenvalue weighted by Crippen LogP contribution is -2.40. The van der Waals surface area contributed by atoms with E-state index in [0.29, 0.717) is 38.7 Å². The second-order valence-corrected chi connectivity index (χ2v) is 10.2. The quantitative estimate of drug-likeness (QED) is 0.299. The number of nitrogens with zero attached hydrogens (tertiary/aromatic N) is 2. The van der Waals surface area contributed by atoms with Crippen LogP contribution in [0.25, 0.3) is 16.8 Å². The van der Waals surface area contributed by atoms with Gasteiger partial charge in [-0.2, -0.15) is 0 Å². The molecule has 0 spiro atoms. The molecule has 5 rings (SSSR count). The molecule has 1 atom stereocenters. The zero-order valence-corrected chi connectivity index (χ0v) is 23.8. The highest BCUT2D eigenvalue weighted by molar-refractivity contribution is 7.07. The van der Waals surface area contributed by atoms with Gasteiger partial charge in [0, 0.05) is 10.9 Å². The summed E-state index contributed by atoms with van der Waals surface area (Å²) in [5, 5.41) is 1.90. The number of benzene rings is 3. The number of rotatable bonds is 8. The maximum absolute atomic E-state index is 14.1. The van der Waals surface area contributed by atoms with E-state index in [1.54, 1.807) is 31.8 Å². The van der Waals surface area contributed by atoms with Crippen molar-refractivity contribution >= 4 is 34.2 Å². The highest BCUT2D eigenvalue weighted by Crippen LogP contribution is 2.41. The van der Waals surface area contributed by atoms with Crippen molar-refractivity contribution in [3.05, 3.63) is 96.7 Å². The number of esters is 1. The van der Waals surface area contributed by atoms with Gasteiger partial charge in [0.05, 0.1) is 43.7 Å². The summed E-state index contributed by atoms with van der Waals surface area (Å²) in [7, 11) is 4.52. The van der Waals surface area contributed by atoms with E-state index in [9.17, 15) is 9.59 Å². The molecule has 0 aliphatic carbocycles. The number of para-hydroxylation sites is 1. The number of ether oxygens (including phenoxy) is 4. The van der Waals surface area contributed by atoms with E-state index < -0.39 is 12.0 Å². The molecule has 0 bridgehead atoms. The zero-order valence-electron chi connectivity index (χ0n) is 23.0. The van der Waals surface area contributed by atoms with E-state index in [-0.39, 0.29) is 11.1 Å². The van der Waals surface area contributed by atoms with Gasteiger partial charge in [-0.05, 0) is 42.5 Å². The Morgan fingerprint density at radius 2 is 1.75 bits per heavy atom. The molecule has 40 heavy (non-hydrogen) atoms. The highest BCUT2D eigenvalue weighted by atomic mass is 32.1. The maximum atomic E-state index is 14.1. The minimum absolute atomic E-state index is 0.269. The van der Waals surface area contributed by atoms with Crippen molar-refractivity contribution in [2.45, 2.75) is 26.3 Å². The fourth-order valence-corrected chi connectivity index (χ4v) is 6.03. The van der Waals surface area contributed by atoms with Crippen molar-refractivity contribution in [2.24, 2.45) is 4.99 Å². The first kappa shape index (κ1) is 27.2. The van der Waals surface area contributed by atoms with Crippen LogP contribution in [0.3, 0.4) is 0 Å². The molecule has 0 fully saturated rings. The molecule has 0 saturated carbocycles. The van der Waals surface area contributed by atoms with Gasteiger partial charge < -0.3 is 18.9 Å². The highest BCUT2D eigenvalue weighted by Gasteiger charge is 2.35. The molecule has 0 unspecified atom stereocenters. The standard InChI is InChI=1S/C31H30N2O6S/c1-6-16-39-28-22(12-9-13-24(28)37-4)27-26(30(35)38-5)18(2)32-31-33(27)29(34)25(40-31)17-19-14-15-23(36-3)21-11-8-7-10-20(19)21/h7-15,17,27H,6,16H2,1-5H3/t27-/m0/s1. The van der Waals surface area contributed by atoms with Crippen LogP contribution in [0.15, 0.2) is 75.7 Å². The summed E-state index contributed by atoms with van der Waals surface area (Å²) < 4.78 is 24.5. The molecule has 0 saturated heterocycles. The third kappa shape index (κ3) is 4.66. The molecule has 0 amide bonds. The summed E-state index contributed by atoms with van der Waals surface area (Å²) in [5.41, 5.74) is 1.96. The Balaban J connectivity index is 1.78. The zero-order chi connectivity index (χ0) is 28.4. The second kappa shape index (κ2) is 11.4. The molecule has 4 aromatic rings. The number of fused-ring (bicyclic) bond motifs is 2. The third-order valence-corrected chi connectivity index (χ3v) is 7.81. The minimum atomic E-state index is -0.819. The van der Waals surface area contributed by atoms with E-state index >= 15 is 0 Å². The van der Waals surface area contributed by atoms with Gasteiger partial charge in [-0.1, -0.05) is 60.7 Å². The number of thiazole rings is 1. The first-order chi connectivity index (χ1) is 19.4. The monoisotopic (exact) mass is 558 g/mol. The lowest BCUT2D eigenvalue weighted by atomic mass is 9.94. The third-order valence-electron chi connectivity index (χ3n) is 6.83. The van der Waals surface area contributed by atoms with Gasteiger partial charge in [0.25, 0.3) is 5.56 Å². The second-order valence-electron chi connectivity index (χ2n) is 9.20. The van der Waals surface area contributed by atoms with Gasteiger partial charge in [-0.3, -0.25) is 9.36 Å². The number of hydrogen-bond acceptors (Lipinski definition) is 8. The van der Waals surface area contributed by atoms with E-state index in [1.165, 1.54) is 18.4 Å². The molecule has 1 aliphatic rings. The number of hydrogen-bond donors (Lipinski definition) is 0. The molecular formula is C31H30N2O6S. The fraction of sp³-hybridized carbons (Fsp3) is 0.258. The smallest absolute Gasteiger partial charge is 0.338 e. The average molecular weight is 559 g/mol. The molecule has 0 radical (unpaired) electrons. The van der Waals surface area contributed by atoms with Gasteiger partial charge in [0.2, 0.25) is 0 Å². The molecule has 0 N–H and O–H groups in total. The lowest BCUT2D eigenvalue weighted by molar-refractivity contribution is -0.136. The first-order valence-corrected chi connectivity index (χ1v) is 13.7. The predicted octanol–water partition coefficient (Wildman–Crippen LogP) is 4.37. The molecule has 1 aliphatic heterocycles. The largest absolute Gasteiger partial charge is 0.496 e. The van der Waals surface area contributed by atoms with Gasteiger partial charge in [-0.25, -0.2) is 9.79 Å². The molecule has 8 nitrogen and oxygen atoms in total. The van der Waals surface area contributed by atoms with E-state index in [1.807, 2.05) is 61.5 Å². The van der Waals surface area contributed by atoms with E-state index in [0.717, 1.165) is 28.5 Å². The van der Waals surface area contributed by atoms with Crippen molar-refractivity contribution < 1.29 is 23.7 Å². The normalized spacial score (nSPS) is 15.0. The Labute approximate surface area is 235 Å². The Morgan fingerprint density at radius 1 is 1.00 bits per heavy atom. The number of allylic oxidation sites excluding steroid dienone is 1. The van der Waals surface area contributed by atoms with Crippen LogP contribution in [-0.4, -0.2) is 38.5 Å². The van der Waals surface area contributed by atoms with Gasteiger partial charge >= 0.3 is 5.97 Å². The maximum Gasteiger partial charge on any atom is 0.338 e. The fourth-order valence-electron chi connectivity index (χ4n) is 4.99. The van der Waals surface area contributed by atoms with Crippen molar-refractivity contribution in [2.75, 3.05) is 27.9 Å². The minimum Gasteiger partial charge on any atom is -0.496 e. The van der Waals surface area contributed by atoms with Gasteiger partial charge in [-0.15, -0.1) is 0 Å². The van der Waals surface area contributed by atoms with Crippen molar-refractivity contribution in [3.63, 3.8) is 0 Å². The Kier molecular flexibility index (Phi) is 7.75. The molecule has 2 heterocycles. The average Bonchev–Trinajstić information content (AvgIpc) is 3.28. The van der Waals surface area contributed by atoms with Crippen molar-refractivity contribution in [3.8, 4) is 17.2 Å². The summed E-state index contributed by atoms with van der Waals surface area (Å²) >= 11 is 1.27. The van der Waals surface area contributed by atoms with E-state index in [4.69, 9.17) is 18.9 Å². The van der Waals surface area contributed by atoms with Crippen LogP contribution in [0.1, 0.15) is 37.4 Å². The van der Waals surface area contributed by atoms with Crippen LogP contribution in [0.4, 0.5) is 0 Å². The first-order valence-electron chi connectivity index (χ1n) is 12.9. The van der Waals surface area contributed by atoms with Gasteiger partial charge in [0.15, 0.2) is 16.3 Å². The van der Waals surface area contributed by atoms with E-state index in [2.05, 4.69) is 4.99 Å². The summed E-state index contributed by atoms with van der Waals surface area (Å²) in [5.74, 6) is 1.18. The molecule has 9 heteroatoms. The molecule has 206 valence electrons. The van der Waals surface area contributed by atoms with Crippen LogP contribution >= 0.6 is 11.3 Å². The number of carbonyl (C=O) groups is 1. The van der Waals surface area contributed by atoms with Crippen LogP contribution in [-0.2, 0) is 9.53 Å². The number of methoxy groups -OCH3 is 3. The predicted molar refractivity (Wildman–Crippen MR) is 155 cm³/mol. The Morgan fingerprint density at radius 3 is 2.45 bits per heavy atom. The van der Waals surface area contributed by atoms with Crippen LogP contribution < -0.4 is 29.1 Å². The molecular weight excluding hydrogens is 528 g/mol. The lowest BCUT2D eigenvalue weighted by Gasteiger charge is -2.26. The Bertz CT molecular complexity index is 1820. The van der Waals surface area contributed by atoms with Crippen LogP contribution in [0, 0.1) is 0 Å². The van der Waals surface area contributed by atoms with Crippen molar-refractivity contribution in [1.82, 2.24) is 4.57 Å². The molecule has 1 aromatic heterocycles.